The molecule has 0 aliphatic carbocycles. The molecule has 0 spiro atoms. The SMILES string of the molecule is COc1cc(/C=C2\C(=O)NC(=O)N(c3ccc(C)cc3C)C2=O)cc(Br)c1OCc1cccc([N+](=O)[O-])c1. The number of ether oxygens (including phenoxy) is 2. The van der Waals surface area contributed by atoms with Crippen LogP contribution in [0.5, 0.6) is 11.5 Å². The van der Waals surface area contributed by atoms with Gasteiger partial charge in [0.05, 0.1) is 22.2 Å². The van der Waals surface area contributed by atoms with E-state index in [1.54, 1.807) is 43.3 Å². The van der Waals surface area contributed by atoms with Gasteiger partial charge < -0.3 is 9.47 Å². The molecular formula is C27H22BrN3O7. The summed E-state index contributed by atoms with van der Waals surface area (Å²) in [6.07, 6.45) is 1.36. The standard InChI is InChI=1S/C27H22BrN3O7/c1-15-7-8-22(16(2)9-15)30-26(33)20(25(32)29-27(30)34)11-18-12-21(28)24(23(13-18)37-3)38-14-17-5-4-6-19(10-17)31(35)36/h4-13H,14H2,1-3H3,(H,29,32,34)/b20-11+. The Morgan fingerprint density at radius 1 is 1.08 bits per heavy atom. The van der Waals surface area contributed by atoms with Gasteiger partial charge in [-0.3, -0.25) is 25.0 Å². The van der Waals surface area contributed by atoms with Crippen molar-refractivity contribution in [3.8, 4) is 11.5 Å². The number of halogens is 1. The van der Waals surface area contributed by atoms with Crippen LogP contribution in [0.4, 0.5) is 16.2 Å². The molecule has 10 nitrogen and oxygen atoms in total. The van der Waals surface area contributed by atoms with Gasteiger partial charge in [0.15, 0.2) is 11.5 Å². The van der Waals surface area contributed by atoms with Crippen molar-refractivity contribution < 1.29 is 28.8 Å². The van der Waals surface area contributed by atoms with Crippen LogP contribution in [0.25, 0.3) is 6.08 Å². The number of nitrogens with one attached hydrogen (secondary N) is 1. The highest BCUT2D eigenvalue weighted by Crippen LogP contribution is 2.38. The van der Waals surface area contributed by atoms with Crippen molar-refractivity contribution in [2.75, 3.05) is 12.0 Å². The van der Waals surface area contributed by atoms with E-state index in [0.29, 0.717) is 38.3 Å². The molecule has 0 aromatic heterocycles. The van der Waals surface area contributed by atoms with E-state index in [9.17, 15) is 24.5 Å². The largest absolute Gasteiger partial charge is 0.493 e. The number of aryl methyl sites for hydroxylation is 2. The zero-order valence-corrected chi connectivity index (χ0v) is 22.2. The van der Waals surface area contributed by atoms with Gasteiger partial charge in [-0.2, -0.15) is 0 Å². The number of benzene rings is 3. The third kappa shape index (κ3) is 5.42. The minimum Gasteiger partial charge on any atom is -0.493 e. The third-order valence-corrected chi connectivity index (χ3v) is 6.35. The molecule has 38 heavy (non-hydrogen) atoms. The van der Waals surface area contributed by atoms with Gasteiger partial charge in [-0.05, 0) is 70.7 Å². The van der Waals surface area contributed by atoms with Crippen LogP contribution in [-0.4, -0.2) is 29.9 Å². The summed E-state index contributed by atoms with van der Waals surface area (Å²) < 4.78 is 11.8. The van der Waals surface area contributed by atoms with Gasteiger partial charge in [0.2, 0.25) is 0 Å². The average Bonchev–Trinajstić information content (AvgIpc) is 2.86. The van der Waals surface area contributed by atoms with E-state index < -0.39 is 22.8 Å². The first kappa shape index (κ1) is 26.6. The van der Waals surface area contributed by atoms with Crippen molar-refractivity contribution in [3.05, 3.63) is 97.0 Å². The Hall–Kier alpha value is -4.51. The number of anilines is 1. The Morgan fingerprint density at radius 2 is 1.84 bits per heavy atom. The Labute approximate surface area is 226 Å². The number of barbiturate groups is 1. The second-order valence-corrected chi connectivity index (χ2v) is 9.35. The number of methoxy groups -OCH3 is 1. The molecule has 0 atom stereocenters. The topological polar surface area (TPSA) is 128 Å². The van der Waals surface area contributed by atoms with Gasteiger partial charge in [-0.25, -0.2) is 9.69 Å². The molecule has 1 fully saturated rings. The fourth-order valence-electron chi connectivity index (χ4n) is 3.98. The van der Waals surface area contributed by atoms with Gasteiger partial charge in [0.1, 0.15) is 12.2 Å². The van der Waals surface area contributed by atoms with Gasteiger partial charge >= 0.3 is 6.03 Å². The molecule has 3 aromatic rings. The fourth-order valence-corrected chi connectivity index (χ4v) is 4.55. The van der Waals surface area contributed by atoms with Crippen LogP contribution >= 0.6 is 15.9 Å². The number of amides is 4. The molecule has 1 N–H and O–H groups in total. The van der Waals surface area contributed by atoms with E-state index in [4.69, 9.17) is 9.47 Å². The van der Waals surface area contributed by atoms with Crippen molar-refractivity contribution in [2.45, 2.75) is 20.5 Å². The van der Waals surface area contributed by atoms with Gasteiger partial charge in [0, 0.05) is 12.1 Å². The van der Waals surface area contributed by atoms with Crippen LogP contribution in [0, 0.1) is 24.0 Å². The molecule has 4 rings (SSSR count). The molecule has 3 aromatic carbocycles. The predicted molar refractivity (Wildman–Crippen MR) is 143 cm³/mol. The van der Waals surface area contributed by atoms with E-state index in [1.807, 2.05) is 13.0 Å². The highest BCUT2D eigenvalue weighted by molar-refractivity contribution is 9.10. The van der Waals surface area contributed by atoms with E-state index in [1.165, 1.54) is 25.3 Å². The van der Waals surface area contributed by atoms with Crippen LogP contribution < -0.4 is 19.7 Å². The Kier molecular flexibility index (Phi) is 7.58. The summed E-state index contributed by atoms with van der Waals surface area (Å²) in [5.41, 5.74) is 2.78. The number of carbonyl (C=O) groups excluding carboxylic acids is 3. The number of hydrogen-bond donors (Lipinski definition) is 1. The smallest absolute Gasteiger partial charge is 0.335 e. The second kappa shape index (κ2) is 10.9. The van der Waals surface area contributed by atoms with Crippen LogP contribution in [0.2, 0.25) is 0 Å². The zero-order valence-electron chi connectivity index (χ0n) is 20.6. The molecule has 1 aliphatic heterocycles. The molecule has 1 aliphatic rings. The van der Waals surface area contributed by atoms with E-state index in [-0.39, 0.29) is 17.9 Å². The number of nitrogens with zero attached hydrogens (tertiary/aromatic N) is 2. The minimum atomic E-state index is -0.826. The lowest BCUT2D eigenvalue weighted by Gasteiger charge is -2.27. The number of hydrogen-bond acceptors (Lipinski definition) is 7. The second-order valence-electron chi connectivity index (χ2n) is 8.50. The van der Waals surface area contributed by atoms with Crippen LogP contribution in [0.15, 0.2) is 64.6 Å². The first-order chi connectivity index (χ1) is 18.1. The molecule has 1 saturated heterocycles. The van der Waals surface area contributed by atoms with Gasteiger partial charge in [-0.15, -0.1) is 0 Å². The van der Waals surface area contributed by atoms with Gasteiger partial charge in [0.25, 0.3) is 17.5 Å². The molecule has 0 saturated carbocycles. The first-order valence-electron chi connectivity index (χ1n) is 11.3. The zero-order chi connectivity index (χ0) is 27.6. The van der Waals surface area contributed by atoms with Gasteiger partial charge in [-0.1, -0.05) is 29.8 Å². The Balaban J connectivity index is 1.64. The quantitative estimate of drug-likeness (QED) is 0.176. The molecule has 0 bridgehead atoms. The average molecular weight is 580 g/mol. The number of rotatable bonds is 7. The lowest BCUT2D eigenvalue weighted by molar-refractivity contribution is -0.384. The highest BCUT2D eigenvalue weighted by atomic mass is 79.9. The third-order valence-electron chi connectivity index (χ3n) is 5.76. The summed E-state index contributed by atoms with van der Waals surface area (Å²) in [4.78, 5) is 49.9. The maximum absolute atomic E-state index is 13.3. The first-order valence-corrected chi connectivity index (χ1v) is 12.1. The molecule has 194 valence electrons. The van der Waals surface area contributed by atoms with Crippen molar-refractivity contribution in [1.29, 1.82) is 0 Å². The van der Waals surface area contributed by atoms with Crippen LogP contribution in [-0.2, 0) is 16.2 Å². The lowest BCUT2D eigenvalue weighted by atomic mass is 10.0. The minimum absolute atomic E-state index is 0.0327. The number of imide groups is 2. The molecule has 0 unspecified atom stereocenters. The summed E-state index contributed by atoms with van der Waals surface area (Å²) in [5, 5.41) is 13.3. The monoisotopic (exact) mass is 579 g/mol. The summed E-state index contributed by atoms with van der Waals surface area (Å²) in [6.45, 7) is 3.70. The predicted octanol–water partition coefficient (Wildman–Crippen LogP) is 5.23. The maximum Gasteiger partial charge on any atom is 0.335 e. The number of non-ortho nitro benzene ring substituents is 1. The van der Waals surface area contributed by atoms with E-state index >= 15 is 0 Å². The summed E-state index contributed by atoms with van der Waals surface area (Å²) in [5.74, 6) is -0.954. The summed E-state index contributed by atoms with van der Waals surface area (Å²) in [6, 6.07) is 13.7. The Morgan fingerprint density at radius 3 is 2.53 bits per heavy atom. The maximum atomic E-state index is 13.3. The lowest BCUT2D eigenvalue weighted by Crippen LogP contribution is -2.54. The molecule has 1 heterocycles. The number of carbonyl (C=O) groups is 3. The Bertz CT molecular complexity index is 1520. The molecular weight excluding hydrogens is 558 g/mol. The van der Waals surface area contributed by atoms with Crippen molar-refractivity contribution >= 4 is 51.2 Å². The van der Waals surface area contributed by atoms with Crippen molar-refractivity contribution in [1.82, 2.24) is 5.32 Å². The normalized spacial score (nSPS) is 14.5. The number of nitro benzene ring substituents is 1. The van der Waals surface area contributed by atoms with Crippen molar-refractivity contribution in [3.63, 3.8) is 0 Å². The fraction of sp³-hybridized carbons (Fsp3) is 0.148. The van der Waals surface area contributed by atoms with E-state index in [2.05, 4.69) is 21.2 Å². The van der Waals surface area contributed by atoms with Crippen LogP contribution in [0.1, 0.15) is 22.3 Å². The summed E-state index contributed by atoms with van der Waals surface area (Å²) >= 11 is 3.43. The summed E-state index contributed by atoms with van der Waals surface area (Å²) in [7, 11) is 1.43. The highest BCUT2D eigenvalue weighted by Gasteiger charge is 2.37. The van der Waals surface area contributed by atoms with E-state index in [0.717, 1.165) is 10.5 Å². The van der Waals surface area contributed by atoms with Crippen molar-refractivity contribution in [2.24, 2.45) is 0 Å². The molecule has 11 heteroatoms. The van der Waals surface area contributed by atoms with Crippen LogP contribution in [0.3, 0.4) is 0 Å². The molecule has 4 amide bonds. The number of nitro groups is 1. The molecule has 0 radical (unpaired) electrons. The number of urea groups is 1.